The lowest BCUT2D eigenvalue weighted by Gasteiger charge is -2.38. The van der Waals surface area contributed by atoms with Crippen LogP contribution in [0, 0.1) is 10.1 Å². The highest BCUT2D eigenvalue weighted by Gasteiger charge is 2.33. The number of carbonyl (C=O) groups excluding carboxylic acids is 2. The molecule has 0 spiro atoms. The molecule has 2 aromatic rings. The van der Waals surface area contributed by atoms with E-state index in [2.05, 4.69) is 0 Å². The Labute approximate surface area is 186 Å². The van der Waals surface area contributed by atoms with Crippen molar-refractivity contribution in [2.75, 3.05) is 26.2 Å². The zero-order valence-electron chi connectivity index (χ0n) is 17.9. The number of non-ortho nitro benzene ring substituents is 1. The number of nitro groups is 1. The minimum Gasteiger partial charge on any atom is -0.373 e. The smallest absolute Gasteiger partial charge is 0.269 e. The molecule has 2 fully saturated rings. The summed E-state index contributed by atoms with van der Waals surface area (Å²) in [4.78, 5) is 40.2. The van der Waals surface area contributed by atoms with Gasteiger partial charge in [-0.15, -0.1) is 0 Å². The Morgan fingerprint density at radius 2 is 1.72 bits per heavy atom. The molecule has 8 nitrogen and oxygen atoms in total. The van der Waals surface area contributed by atoms with Crippen molar-refractivity contribution in [2.24, 2.45) is 0 Å². The van der Waals surface area contributed by atoms with Gasteiger partial charge in [-0.3, -0.25) is 19.7 Å². The molecule has 2 aliphatic rings. The van der Waals surface area contributed by atoms with Crippen LogP contribution >= 0.6 is 0 Å². The summed E-state index contributed by atoms with van der Waals surface area (Å²) in [6, 6.07) is 15.1. The first-order valence-corrected chi connectivity index (χ1v) is 11.0. The fourth-order valence-electron chi connectivity index (χ4n) is 4.50. The van der Waals surface area contributed by atoms with Gasteiger partial charge in [0.2, 0.25) is 0 Å². The van der Waals surface area contributed by atoms with Crippen LogP contribution in [0.3, 0.4) is 0 Å². The predicted molar refractivity (Wildman–Crippen MR) is 118 cm³/mol. The Morgan fingerprint density at radius 3 is 2.38 bits per heavy atom. The summed E-state index contributed by atoms with van der Waals surface area (Å²) in [7, 11) is 0. The number of nitrogens with zero attached hydrogens (tertiary/aromatic N) is 3. The molecule has 0 radical (unpaired) electrons. The molecule has 1 saturated carbocycles. The highest BCUT2D eigenvalue weighted by molar-refractivity contribution is 5.95. The SMILES string of the molecule is O=C(c1ccc([N+](=O)[O-])cc1)N1CCOC(CN(C(=O)c2ccccc2)C2CCCC2)C1. The van der Waals surface area contributed by atoms with E-state index in [0.717, 1.165) is 25.7 Å². The van der Waals surface area contributed by atoms with Crippen LogP contribution in [0.1, 0.15) is 46.4 Å². The van der Waals surface area contributed by atoms with E-state index in [1.807, 2.05) is 35.2 Å². The number of rotatable bonds is 6. The first kappa shape index (κ1) is 22.0. The third-order valence-corrected chi connectivity index (χ3v) is 6.20. The number of hydrogen-bond donors (Lipinski definition) is 0. The Balaban J connectivity index is 1.45. The van der Waals surface area contributed by atoms with Gasteiger partial charge >= 0.3 is 0 Å². The number of ether oxygens (including phenoxy) is 1. The Hall–Kier alpha value is -3.26. The first-order valence-electron chi connectivity index (χ1n) is 11.0. The Kier molecular flexibility index (Phi) is 6.80. The number of carbonyl (C=O) groups is 2. The van der Waals surface area contributed by atoms with Crippen LogP contribution < -0.4 is 0 Å². The van der Waals surface area contributed by atoms with Gasteiger partial charge in [0.05, 0.1) is 17.6 Å². The molecule has 0 aromatic heterocycles. The number of hydrogen-bond acceptors (Lipinski definition) is 5. The second-order valence-corrected chi connectivity index (χ2v) is 8.31. The molecular weight excluding hydrogens is 410 g/mol. The first-order chi connectivity index (χ1) is 15.5. The normalized spacial score (nSPS) is 19.0. The van der Waals surface area contributed by atoms with Gasteiger partial charge in [-0.1, -0.05) is 31.0 Å². The largest absolute Gasteiger partial charge is 0.373 e. The van der Waals surface area contributed by atoms with Gasteiger partial charge in [0, 0.05) is 48.9 Å². The van der Waals surface area contributed by atoms with Crippen molar-refractivity contribution in [1.29, 1.82) is 0 Å². The lowest BCUT2D eigenvalue weighted by Crippen LogP contribution is -2.52. The number of morpholine rings is 1. The number of benzene rings is 2. The van der Waals surface area contributed by atoms with Crippen LogP contribution in [0.4, 0.5) is 5.69 Å². The predicted octanol–water partition coefficient (Wildman–Crippen LogP) is 3.52. The summed E-state index contributed by atoms with van der Waals surface area (Å²) in [5.74, 6) is -0.185. The molecule has 32 heavy (non-hydrogen) atoms. The van der Waals surface area contributed by atoms with Crippen molar-refractivity contribution < 1.29 is 19.2 Å². The fourth-order valence-corrected chi connectivity index (χ4v) is 4.50. The molecule has 8 heteroatoms. The molecule has 1 unspecified atom stereocenters. The topological polar surface area (TPSA) is 93.0 Å². The van der Waals surface area contributed by atoms with Crippen molar-refractivity contribution in [3.8, 4) is 0 Å². The highest BCUT2D eigenvalue weighted by atomic mass is 16.6. The van der Waals surface area contributed by atoms with Crippen molar-refractivity contribution in [2.45, 2.75) is 37.8 Å². The monoisotopic (exact) mass is 437 g/mol. The summed E-state index contributed by atoms with van der Waals surface area (Å²) in [5.41, 5.74) is 1.02. The maximum absolute atomic E-state index is 13.3. The molecule has 2 amide bonds. The van der Waals surface area contributed by atoms with Crippen molar-refractivity contribution in [3.63, 3.8) is 0 Å². The third kappa shape index (κ3) is 4.96. The Morgan fingerprint density at radius 1 is 1.03 bits per heavy atom. The minimum absolute atomic E-state index is 0.0000751. The molecule has 1 aliphatic carbocycles. The van der Waals surface area contributed by atoms with E-state index in [4.69, 9.17) is 4.74 Å². The quantitative estimate of drug-likeness (QED) is 0.509. The summed E-state index contributed by atoms with van der Waals surface area (Å²) >= 11 is 0. The Bertz CT molecular complexity index is 957. The van der Waals surface area contributed by atoms with E-state index in [9.17, 15) is 19.7 Å². The lowest BCUT2D eigenvalue weighted by molar-refractivity contribution is -0.384. The van der Waals surface area contributed by atoms with E-state index in [1.54, 1.807) is 4.90 Å². The van der Waals surface area contributed by atoms with Crippen LogP contribution in [0.2, 0.25) is 0 Å². The van der Waals surface area contributed by atoms with Crippen molar-refractivity contribution >= 4 is 17.5 Å². The van der Waals surface area contributed by atoms with E-state index < -0.39 is 4.92 Å². The zero-order chi connectivity index (χ0) is 22.5. The molecule has 0 N–H and O–H groups in total. The van der Waals surface area contributed by atoms with Crippen LogP contribution in [-0.2, 0) is 4.74 Å². The van der Waals surface area contributed by atoms with Gasteiger partial charge in [-0.25, -0.2) is 0 Å². The van der Waals surface area contributed by atoms with E-state index in [1.165, 1.54) is 24.3 Å². The molecule has 168 valence electrons. The van der Waals surface area contributed by atoms with Gasteiger partial charge in [-0.2, -0.15) is 0 Å². The number of nitro benzene ring substituents is 1. The molecule has 1 aliphatic heterocycles. The van der Waals surface area contributed by atoms with E-state index >= 15 is 0 Å². The maximum atomic E-state index is 13.3. The molecule has 2 aromatic carbocycles. The van der Waals surface area contributed by atoms with Gasteiger partial charge in [0.25, 0.3) is 17.5 Å². The van der Waals surface area contributed by atoms with Gasteiger partial charge in [0.15, 0.2) is 0 Å². The second-order valence-electron chi connectivity index (χ2n) is 8.31. The van der Waals surface area contributed by atoms with Gasteiger partial charge < -0.3 is 14.5 Å². The molecule has 1 atom stereocenters. The summed E-state index contributed by atoms with van der Waals surface area (Å²) in [6.45, 7) is 1.65. The van der Waals surface area contributed by atoms with Crippen LogP contribution in [-0.4, -0.2) is 64.9 Å². The summed E-state index contributed by atoms with van der Waals surface area (Å²) in [5, 5.41) is 10.9. The van der Waals surface area contributed by atoms with E-state index in [0.29, 0.717) is 37.4 Å². The molecule has 0 bridgehead atoms. The van der Waals surface area contributed by atoms with Gasteiger partial charge in [0.1, 0.15) is 0 Å². The minimum atomic E-state index is -0.486. The van der Waals surface area contributed by atoms with Crippen molar-refractivity contribution in [3.05, 3.63) is 75.8 Å². The van der Waals surface area contributed by atoms with Crippen LogP contribution in [0.25, 0.3) is 0 Å². The average molecular weight is 437 g/mol. The maximum Gasteiger partial charge on any atom is 0.269 e. The molecule has 1 heterocycles. The van der Waals surface area contributed by atoms with Gasteiger partial charge in [-0.05, 0) is 37.1 Å². The summed E-state index contributed by atoms with van der Waals surface area (Å²) in [6.07, 6.45) is 3.91. The van der Waals surface area contributed by atoms with Crippen molar-refractivity contribution in [1.82, 2.24) is 9.80 Å². The van der Waals surface area contributed by atoms with E-state index in [-0.39, 0.29) is 29.6 Å². The van der Waals surface area contributed by atoms with Crippen LogP contribution in [0.5, 0.6) is 0 Å². The lowest BCUT2D eigenvalue weighted by atomic mass is 10.1. The van der Waals surface area contributed by atoms with Crippen LogP contribution in [0.15, 0.2) is 54.6 Å². The second kappa shape index (κ2) is 9.91. The third-order valence-electron chi connectivity index (χ3n) is 6.20. The molecule has 4 rings (SSSR count). The molecular formula is C24H27N3O5. The standard InChI is InChI=1S/C24H27N3O5/c28-23(19-10-12-21(13-11-19)27(30)31)25-14-15-32-22(16-25)17-26(20-8-4-5-9-20)24(29)18-6-2-1-3-7-18/h1-3,6-7,10-13,20,22H,4-5,8-9,14-17H2. The fraction of sp³-hybridized carbons (Fsp3) is 0.417. The average Bonchev–Trinajstić information content (AvgIpc) is 3.37. The zero-order valence-corrected chi connectivity index (χ0v) is 17.9. The molecule has 1 saturated heterocycles. The number of amides is 2. The summed E-state index contributed by atoms with van der Waals surface area (Å²) < 4.78 is 5.94. The highest BCUT2D eigenvalue weighted by Crippen LogP contribution is 2.26.